The molecule has 2 saturated heterocycles. The predicted molar refractivity (Wildman–Crippen MR) is 86.6 cm³/mol. The second-order valence-corrected chi connectivity index (χ2v) is 6.50. The number of carbonyl (C=O) groups is 2. The Morgan fingerprint density at radius 2 is 2.26 bits per heavy atom. The van der Waals surface area contributed by atoms with Crippen LogP contribution in [0.4, 0.5) is 0 Å². The number of nitrogens with zero attached hydrogens (tertiary/aromatic N) is 2. The van der Waals surface area contributed by atoms with Crippen LogP contribution in [0, 0.1) is 5.92 Å². The van der Waals surface area contributed by atoms with Crippen LogP contribution >= 0.6 is 11.6 Å². The normalized spacial score (nSPS) is 25.5. The van der Waals surface area contributed by atoms with Gasteiger partial charge in [-0.2, -0.15) is 0 Å². The van der Waals surface area contributed by atoms with E-state index in [1.54, 1.807) is 11.9 Å². The SMILES string of the molecule is CCOC(=O)C(C)[C@H]1C[C@@H](c2cccc(Cl)c2)N2CCC(=O)N12. The van der Waals surface area contributed by atoms with Gasteiger partial charge < -0.3 is 4.74 Å². The summed E-state index contributed by atoms with van der Waals surface area (Å²) in [6.07, 6.45) is 1.20. The van der Waals surface area contributed by atoms with Crippen molar-refractivity contribution in [3.05, 3.63) is 34.9 Å². The Kier molecular flexibility index (Phi) is 4.60. The summed E-state index contributed by atoms with van der Waals surface area (Å²) in [6.45, 7) is 4.67. The van der Waals surface area contributed by atoms with Crippen LogP contribution in [-0.4, -0.2) is 41.1 Å². The van der Waals surface area contributed by atoms with Gasteiger partial charge in [0, 0.05) is 18.0 Å². The van der Waals surface area contributed by atoms with Gasteiger partial charge in [-0.05, 0) is 38.0 Å². The Morgan fingerprint density at radius 1 is 1.48 bits per heavy atom. The topological polar surface area (TPSA) is 49.9 Å². The second-order valence-electron chi connectivity index (χ2n) is 6.07. The molecule has 3 rings (SSSR count). The average Bonchev–Trinajstić information content (AvgIpc) is 3.08. The number of esters is 1. The Bertz CT molecular complexity index is 622. The molecule has 0 aliphatic carbocycles. The zero-order valence-corrected chi connectivity index (χ0v) is 14.1. The molecular weight excluding hydrogens is 316 g/mol. The van der Waals surface area contributed by atoms with Gasteiger partial charge in [0.15, 0.2) is 0 Å². The van der Waals surface area contributed by atoms with Crippen molar-refractivity contribution in [2.45, 2.75) is 38.8 Å². The van der Waals surface area contributed by atoms with Crippen molar-refractivity contribution < 1.29 is 14.3 Å². The molecule has 2 heterocycles. The van der Waals surface area contributed by atoms with E-state index < -0.39 is 0 Å². The van der Waals surface area contributed by atoms with Crippen molar-refractivity contribution in [2.75, 3.05) is 13.2 Å². The highest BCUT2D eigenvalue weighted by Gasteiger charge is 2.49. The molecule has 1 amide bonds. The standard InChI is InChI=1S/C17H21ClN2O3/c1-3-23-17(22)11(2)14-10-15(12-5-4-6-13(18)9-12)19-8-7-16(21)20(14)19/h4-6,9,11,14-15H,3,7-8,10H2,1-2H3/t11?,14-,15+/m1/s1. The van der Waals surface area contributed by atoms with Gasteiger partial charge in [0.2, 0.25) is 5.91 Å². The first-order valence-electron chi connectivity index (χ1n) is 8.03. The zero-order valence-electron chi connectivity index (χ0n) is 13.4. The molecule has 2 aliphatic rings. The Labute approximate surface area is 141 Å². The van der Waals surface area contributed by atoms with Gasteiger partial charge in [-0.15, -0.1) is 0 Å². The molecule has 5 nitrogen and oxygen atoms in total. The number of fused-ring (bicyclic) bond motifs is 1. The summed E-state index contributed by atoms with van der Waals surface area (Å²) in [5, 5.41) is 4.53. The fourth-order valence-corrected chi connectivity index (χ4v) is 3.77. The molecule has 0 radical (unpaired) electrons. The summed E-state index contributed by atoms with van der Waals surface area (Å²) >= 11 is 6.11. The van der Waals surface area contributed by atoms with Crippen LogP contribution in [0.25, 0.3) is 0 Å². The summed E-state index contributed by atoms with van der Waals surface area (Å²) in [7, 11) is 0. The van der Waals surface area contributed by atoms with E-state index >= 15 is 0 Å². The molecule has 6 heteroatoms. The number of halogens is 1. The van der Waals surface area contributed by atoms with Crippen LogP contribution in [0.2, 0.25) is 5.02 Å². The highest BCUT2D eigenvalue weighted by atomic mass is 35.5. The number of amides is 1. The summed E-state index contributed by atoms with van der Waals surface area (Å²) in [4.78, 5) is 24.4. The molecule has 124 valence electrons. The van der Waals surface area contributed by atoms with Crippen LogP contribution in [0.5, 0.6) is 0 Å². The highest BCUT2D eigenvalue weighted by Crippen LogP contribution is 2.42. The van der Waals surface area contributed by atoms with Crippen molar-refractivity contribution in [1.82, 2.24) is 10.0 Å². The van der Waals surface area contributed by atoms with E-state index in [-0.39, 0.29) is 29.9 Å². The van der Waals surface area contributed by atoms with Gasteiger partial charge in [-0.3, -0.25) is 14.6 Å². The molecule has 1 aromatic rings. The third-order valence-electron chi connectivity index (χ3n) is 4.69. The van der Waals surface area contributed by atoms with Gasteiger partial charge >= 0.3 is 5.97 Å². The van der Waals surface area contributed by atoms with E-state index in [2.05, 4.69) is 5.01 Å². The van der Waals surface area contributed by atoms with Crippen molar-refractivity contribution >= 4 is 23.5 Å². The van der Waals surface area contributed by atoms with Gasteiger partial charge in [0.25, 0.3) is 0 Å². The number of carbonyl (C=O) groups excluding carboxylic acids is 2. The van der Waals surface area contributed by atoms with Crippen molar-refractivity contribution in [3.8, 4) is 0 Å². The fourth-order valence-electron chi connectivity index (χ4n) is 3.58. The van der Waals surface area contributed by atoms with Gasteiger partial charge in [0.1, 0.15) is 0 Å². The molecule has 0 saturated carbocycles. The first-order valence-corrected chi connectivity index (χ1v) is 8.41. The van der Waals surface area contributed by atoms with Crippen LogP contribution in [0.15, 0.2) is 24.3 Å². The third-order valence-corrected chi connectivity index (χ3v) is 4.93. The number of hydrogen-bond acceptors (Lipinski definition) is 4. The molecule has 0 bridgehead atoms. The summed E-state index contributed by atoms with van der Waals surface area (Å²) in [6, 6.07) is 7.63. The van der Waals surface area contributed by atoms with E-state index in [9.17, 15) is 9.59 Å². The number of hydrazine groups is 1. The minimum atomic E-state index is -0.344. The zero-order chi connectivity index (χ0) is 16.6. The number of ether oxygens (including phenoxy) is 1. The molecule has 0 N–H and O–H groups in total. The number of benzene rings is 1. The van der Waals surface area contributed by atoms with Crippen molar-refractivity contribution in [3.63, 3.8) is 0 Å². The molecule has 1 unspecified atom stereocenters. The van der Waals surface area contributed by atoms with Crippen LogP contribution in [0.3, 0.4) is 0 Å². The lowest BCUT2D eigenvalue weighted by Crippen LogP contribution is -2.43. The molecular formula is C17H21ClN2O3. The predicted octanol–water partition coefficient (Wildman–Crippen LogP) is 2.80. The van der Waals surface area contributed by atoms with E-state index in [4.69, 9.17) is 16.3 Å². The van der Waals surface area contributed by atoms with Crippen molar-refractivity contribution in [1.29, 1.82) is 0 Å². The lowest BCUT2D eigenvalue weighted by molar-refractivity contribution is -0.153. The Balaban J connectivity index is 1.88. The van der Waals surface area contributed by atoms with Gasteiger partial charge in [-0.25, -0.2) is 5.01 Å². The molecule has 2 aliphatic heterocycles. The number of rotatable bonds is 4. The van der Waals surface area contributed by atoms with Gasteiger partial charge in [-0.1, -0.05) is 23.7 Å². The van der Waals surface area contributed by atoms with E-state index in [0.29, 0.717) is 31.0 Å². The molecule has 3 atom stereocenters. The van der Waals surface area contributed by atoms with Crippen LogP contribution in [-0.2, 0) is 14.3 Å². The largest absolute Gasteiger partial charge is 0.466 e. The Hall–Kier alpha value is -1.59. The first kappa shape index (κ1) is 16.3. The summed E-state index contributed by atoms with van der Waals surface area (Å²) in [5.74, 6) is -0.511. The minimum Gasteiger partial charge on any atom is -0.466 e. The highest BCUT2D eigenvalue weighted by molar-refractivity contribution is 6.30. The summed E-state index contributed by atoms with van der Waals surface area (Å²) < 4.78 is 5.14. The Morgan fingerprint density at radius 3 is 2.96 bits per heavy atom. The first-order chi connectivity index (χ1) is 11.0. The lowest BCUT2D eigenvalue weighted by atomic mass is 9.93. The third kappa shape index (κ3) is 2.95. The van der Waals surface area contributed by atoms with E-state index in [1.807, 2.05) is 31.2 Å². The van der Waals surface area contributed by atoms with E-state index in [1.165, 1.54) is 0 Å². The number of hydrogen-bond donors (Lipinski definition) is 0. The molecule has 1 aromatic carbocycles. The maximum absolute atomic E-state index is 12.3. The van der Waals surface area contributed by atoms with Crippen LogP contribution in [0.1, 0.15) is 38.3 Å². The molecule has 0 aromatic heterocycles. The van der Waals surface area contributed by atoms with Crippen LogP contribution < -0.4 is 0 Å². The van der Waals surface area contributed by atoms with Gasteiger partial charge in [0.05, 0.1) is 24.6 Å². The van der Waals surface area contributed by atoms with Crippen molar-refractivity contribution in [2.24, 2.45) is 5.92 Å². The van der Waals surface area contributed by atoms with E-state index in [0.717, 1.165) is 5.56 Å². The monoisotopic (exact) mass is 336 g/mol. The smallest absolute Gasteiger partial charge is 0.310 e. The fraction of sp³-hybridized carbons (Fsp3) is 0.529. The lowest BCUT2D eigenvalue weighted by Gasteiger charge is -2.29. The molecule has 0 spiro atoms. The molecule has 23 heavy (non-hydrogen) atoms. The quantitative estimate of drug-likeness (QED) is 0.793. The average molecular weight is 337 g/mol. The minimum absolute atomic E-state index is 0.0713. The second kappa shape index (κ2) is 6.49. The maximum atomic E-state index is 12.3. The summed E-state index contributed by atoms with van der Waals surface area (Å²) in [5.41, 5.74) is 1.08. The molecule has 2 fully saturated rings. The maximum Gasteiger partial charge on any atom is 0.310 e.